The summed E-state index contributed by atoms with van der Waals surface area (Å²) in [5, 5.41) is 6.89. The Morgan fingerprint density at radius 3 is 1.34 bits per heavy atom. The molecule has 0 unspecified atom stereocenters. The van der Waals surface area contributed by atoms with E-state index in [0.29, 0.717) is 0 Å². The van der Waals surface area contributed by atoms with Crippen LogP contribution in [0.2, 0.25) is 0 Å². The highest BCUT2D eigenvalue weighted by Gasteiger charge is 2.15. The fourth-order valence-corrected chi connectivity index (χ4v) is 4.83. The van der Waals surface area contributed by atoms with Crippen molar-refractivity contribution in [2.24, 2.45) is 0 Å². The monoisotopic (exact) mass is 402 g/mol. The molecule has 29 heavy (non-hydrogen) atoms. The molecule has 0 spiro atoms. The Morgan fingerprint density at radius 1 is 0.552 bits per heavy atom. The first kappa shape index (κ1) is 18.1. The molecule has 2 aliphatic rings. The van der Waals surface area contributed by atoms with Crippen LogP contribution in [-0.2, 0) is 0 Å². The maximum absolute atomic E-state index is 3.45. The van der Waals surface area contributed by atoms with Gasteiger partial charge in [0.2, 0.25) is 0 Å². The molecule has 1 aromatic heterocycles. The van der Waals surface area contributed by atoms with E-state index in [2.05, 4.69) is 81.3 Å². The first-order valence-electron chi connectivity index (χ1n) is 10.4. The molecule has 2 aliphatic heterocycles. The highest BCUT2D eigenvalue weighted by Crippen LogP contribution is 2.34. The van der Waals surface area contributed by atoms with Crippen LogP contribution in [0.25, 0.3) is 20.9 Å². The second-order valence-corrected chi connectivity index (χ2v) is 8.57. The van der Waals surface area contributed by atoms with Crippen molar-refractivity contribution in [1.29, 1.82) is 0 Å². The van der Waals surface area contributed by atoms with Crippen LogP contribution in [0.3, 0.4) is 0 Å². The average Bonchev–Trinajstić information content (AvgIpc) is 3.31. The fourth-order valence-electron chi connectivity index (χ4n) is 3.81. The van der Waals surface area contributed by atoms with Crippen LogP contribution in [-0.4, -0.2) is 37.9 Å². The molecular formula is C24H26N4S+2. The maximum Gasteiger partial charge on any atom is 0.274 e. The summed E-state index contributed by atoms with van der Waals surface area (Å²) < 4.78 is 0. The first-order chi connectivity index (χ1) is 14.4. The molecule has 0 radical (unpaired) electrons. The predicted octanol–water partition coefficient (Wildman–Crippen LogP) is 0.723. The minimum Gasteiger partial charge on any atom is -0.274 e. The lowest BCUT2D eigenvalue weighted by Gasteiger charge is -2.08. The molecule has 5 heteroatoms. The lowest BCUT2D eigenvalue weighted by Crippen LogP contribution is -2.79. The second kappa shape index (κ2) is 8.21. The van der Waals surface area contributed by atoms with Gasteiger partial charge in [-0.1, -0.05) is 24.3 Å². The van der Waals surface area contributed by atoms with E-state index in [4.69, 9.17) is 0 Å². The van der Waals surface area contributed by atoms with E-state index in [-0.39, 0.29) is 0 Å². The van der Waals surface area contributed by atoms with Crippen LogP contribution in [0, 0.1) is 0 Å². The van der Waals surface area contributed by atoms with Crippen LogP contribution in [0.1, 0.15) is 24.0 Å². The molecule has 0 saturated carbocycles. The van der Waals surface area contributed by atoms with Gasteiger partial charge in [0.05, 0.1) is 37.3 Å². The SMILES string of the molecule is c1cc(-c2ccc(-c3ccc(C4=[NH+]CCCN4)cc3)s2)ccc1C1=[NH+]CCCN1. The molecule has 0 bridgehead atoms. The highest BCUT2D eigenvalue weighted by molar-refractivity contribution is 7.18. The number of hydrogen-bond donors (Lipinski definition) is 4. The van der Waals surface area contributed by atoms with Crippen molar-refractivity contribution in [3.05, 3.63) is 71.8 Å². The highest BCUT2D eigenvalue weighted by atomic mass is 32.1. The molecule has 0 amide bonds. The van der Waals surface area contributed by atoms with E-state index in [1.54, 1.807) is 0 Å². The van der Waals surface area contributed by atoms with Crippen molar-refractivity contribution in [3.8, 4) is 20.9 Å². The van der Waals surface area contributed by atoms with Crippen molar-refractivity contribution in [1.82, 2.24) is 10.6 Å². The number of hydrogen-bond acceptors (Lipinski definition) is 3. The van der Waals surface area contributed by atoms with Crippen molar-refractivity contribution in [2.45, 2.75) is 12.8 Å². The number of rotatable bonds is 4. The van der Waals surface area contributed by atoms with Gasteiger partial charge in [0.1, 0.15) is 0 Å². The average molecular weight is 403 g/mol. The Hall–Kier alpha value is -2.92. The topological polar surface area (TPSA) is 52.0 Å². The Morgan fingerprint density at radius 2 is 0.966 bits per heavy atom. The third-order valence-corrected chi connectivity index (χ3v) is 6.62. The van der Waals surface area contributed by atoms with Crippen molar-refractivity contribution in [3.63, 3.8) is 0 Å². The van der Waals surface area contributed by atoms with Gasteiger partial charge in [-0.2, -0.15) is 0 Å². The van der Waals surface area contributed by atoms with Crippen LogP contribution < -0.4 is 20.6 Å². The molecule has 0 aliphatic carbocycles. The summed E-state index contributed by atoms with van der Waals surface area (Å²) in [5.74, 6) is 2.30. The molecule has 3 aromatic rings. The summed E-state index contributed by atoms with van der Waals surface area (Å²) >= 11 is 1.85. The molecule has 3 heterocycles. The summed E-state index contributed by atoms with van der Waals surface area (Å²) in [6, 6.07) is 22.1. The fraction of sp³-hybridized carbons (Fsp3) is 0.250. The normalized spacial score (nSPS) is 16.4. The zero-order valence-electron chi connectivity index (χ0n) is 16.4. The molecule has 0 saturated heterocycles. The van der Waals surface area contributed by atoms with Crippen LogP contribution in [0.15, 0.2) is 60.7 Å². The smallest absolute Gasteiger partial charge is 0.274 e. The molecule has 0 atom stereocenters. The van der Waals surface area contributed by atoms with E-state index in [1.165, 1.54) is 44.8 Å². The third-order valence-electron chi connectivity index (χ3n) is 5.44. The Kier molecular flexibility index (Phi) is 5.13. The molecule has 0 fully saturated rings. The van der Waals surface area contributed by atoms with Crippen molar-refractivity contribution in [2.75, 3.05) is 26.2 Å². The van der Waals surface area contributed by atoms with Gasteiger partial charge in [0, 0.05) is 22.6 Å². The van der Waals surface area contributed by atoms with E-state index < -0.39 is 0 Å². The van der Waals surface area contributed by atoms with E-state index >= 15 is 0 Å². The van der Waals surface area contributed by atoms with Gasteiger partial charge in [-0.15, -0.1) is 11.3 Å². The maximum atomic E-state index is 3.45. The standard InChI is InChI=1S/C24H24N4S/c1-13-25-23(26-14-1)19-7-3-17(4-8-19)21-11-12-22(29-21)18-5-9-20(10-6-18)24-27-15-2-16-28-24/h3-12H,1-2,13-16H2,(H,25,26)(H,27,28)/p+2. The largest absolute Gasteiger partial charge is 0.274 e. The number of thiophene rings is 1. The lowest BCUT2D eigenvalue weighted by atomic mass is 10.1. The lowest BCUT2D eigenvalue weighted by molar-refractivity contribution is -0.463. The van der Waals surface area contributed by atoms with Gasteiger partial charge >= 0.3 is 0 Å². The van der Waals surface area contributed by atoms with Gasteiger partial charge in [0.15, 0.2) is 0 Å². The molecule has 4 nitrogen and oxygen atoms in total. The van der Waals surface area contributed by atoms with Gasteiger partial charge < -0.3 is 0 Å². The van der Waals surface area contributed by atoms with Gasteiger partial charge in [-0.25, -0.2) is 0 Å². The Balaban J connectivity index is 1.34. The zero-order valence-corrected chi connectivity index (χ0v) is 17.2. The minimum atomic E-state index is 1.04. The van der Waals surface area contributed by atoms with E-state index in [9.17, 15) is 0 Å². The quantitative estimate of drug-likeness (QED) is 0.520. The van der Waals surface area contributed by atoms with Crippen molar-refractivity contribution >= 4 is 23.0 Å². The van der Waals surface area contributed by atoms with Crippen LogP contribution >= 0.6 is 11.3 Å². The summed E-state index contributed by atoms with van der Waals surface area (Å²) in [7, 11) is 0. The van der Waals surface area contributed by atoms with Crippen LogP contribution in [0.5, 0.6) is 0 Å². The van der Waals surface area contributed by atoms with Gasteiger partial charge in [0.25, 0.3) is 11.7 Å². The van der Waals surface area contributed by atoms with E-state index in [0.717, 1.165) is 37.9 Å². The van der Waals surface area contributed by atoms with Crippen LogP contribution in [0.4, 0.5) is 0 Å². The summed E-state index contributed by atoms with van der Waals surface area (Å²) in [5.41, 5.74) is 4.99. The van der Waals surface area contributed by atoms with Gasteiger partial charge in [-0.05, 0) is 47.5 Å². The van der Waals surface area contributed by atoms with E-state index in [1.807, 2.05) is 11.3 Å². The predicted molar refractivity (Wildman–Crippen MR) is 120 cm³/mol. The molecule has 146 valence electrons. The van der Waals surface area contributed by atoms with Crippen molar-refractivity contribution < 1.29 is 9.98 Å². The molecular weight excluding hydrogens is 376 g/mol. The summed E-state index contributed by atoms with van der Waals surface area (Å²) in [6.07, 6.45) is 2.35. The molecule has 2 aromatic carbocycles. The summed E-state index contributed by atoms with van der Waals surface area (Å²) in [4.78, 5) is 9.49. The number of amidine groups is 2. The number of benzene rings is 2. The zero-order chi connectivity index (χ0) is 19.5. The van der Waals surface area contributed by atoms with Gasteiger partial charge in [-0.3, -0.25) is 20.6 Å². The minimum absolute atomic E-state index is 1.04. The second-order valence-electron chi connectivity index (χ2n) is 7.48. The Labute approximate surface area is 175 Å². The molecule has 5 rings (SSSR count). The first-order valence-corrected chi connectivity index (χ1v) is 11.2. The third kappa shape index (κ3) is 3.96. The Bertz CT molecular complexity index is 961. The summed E-state index contributed by atoms with van der Waals surface area (Å²) in [6.45, 7) is 4.18. The number of nitrogens with one attached hydrogen (secondary N) is 4. The molecule has 4 N–H and O–H groups in total.